The lowest BCUT2D eigenvalue weighted by molar-refractivity contribution is 0.0278. The Hall–Kier alpha value is -4.94. The van der Waals surface area contributed by atoms with Gasteiger partial charge in [-0.25, -0.2) is 27.2 Å². The molecule has 2 amide bonds. The van der Waals surface area contributed by atoms with Gasteiger partial charge < -0.3 is 29.6 Å². The van der Waals surface area contributed by atoms with Gasteiger partial charge in [0.05, 0.1) is 13.2 Å². The third-order valence-corrected chi connectivity index (χ3v) is 7.96. The van der Waals surface area contributed by atoms with Gasteiger partial charge in [-0.15, -0.1) is 0 Å². The lowest BCUT2D eigenvalue weighted by atomic mass is 9.87. The molecule has 2 N–H and O–H groups in total. The van der Waals surface area contributed by atoms with Gasteiger partial charge in [0.1, 0.15) is 48.7 Å². The molecule has 0 spiro atoms. The maximum Gasteiger partial charge on any atom is 0.407 e. The van der Waals surface area contributed by atoms with Crippen molar-refractivity contribution in [3.63, 3.8) is 0 Å². The molecule has 12 heteroatoms. The van der Waals surface area contributed by atoms with E-state index in [-0.39, 0.29) is 39.5 Å². The minimum absolute atomic E-state index is 0.0191. The van der Waals surface area contributed by atoms with Crippen LogP contribution in [0.1, 0.15) is 61.2 Å². The van der Waals surface area contributed by atoms with Crippen molar-refractivity contribution in [1.82, 2.24) is 10.6 Å². The molecule has 0 radical (unpaired) electrons. The van der Waals surface area contributed by atoms with E-state index < -0.39 is 53.1 Å². The molecule has 0 aliphatic carbocycles. The second kappa shape index (κ2) is 19.5. The minimum Gasteiger partial charge on any atom is -0.449 e. The van der Waals surface area contributed by atoms with Gasteiger partial charge in [0.25, 0.3) is 0 Å². The highest BCUT2D eigenvalue weighted by Crippen LogP contribution is 2.28. The van der Waals surface area contributed by atoms with Gasteiger partial charge in [-0.1, -0.05) is 68.8 Å². The summed E-state index contributed by atoms with van der Waals surface area (Å²) in [5.74, 6) is -1.59. The van der Waals surface area contributed by atoms with Crippen molar-refractivity contribution in [2.45, 2.75) is 38.9 Å². The van der Waals surface area contributed by atoms with Crippen LogP contribution >= 0.6 is 0 Å². The van der Waals surface area contributed by atoms with E-state index in [4.69, 9.17) is 18.9 Å². The molecule has 4 aromatic rings. The van der Waals surface area contributed by atoms with Crippen LogP contribution in [0.15, 0.2) is 97.1 Å². The zero-order valence-electron chi connectivity index (χ0n) is 28.5. The van der Waals surface area contributed by atoms with Crippen molar-refractivity contribution in [2.24, 2.45) is 5.41 Å². The number of halogens is 4. The summed E-state index contributed by atoms with van der Waals surface area (Å²) in [4.78, 5) is 25.0. The van der Waals surface area contributed by atoms with Crippen LogP contribution in [-0.2, 0) is 18.9 Å². The van der Waals surface area contributed by atoms with Crippen molar-refractivity contribution in [2.75, 3.05) is 39.5 Å². The van der Waals surface area contributed by atoms with E-state index in [0.29, 0.717) is 28.7 Å². The molecule has 51 heavy (non-hydrogen) atoms. The maximum atomic E-state index is 13.5. The average molecular weight is 711 g/mol. The minimum atomic E-state index is -0.681. The fourth-order valence-electron chi connectivity index (χ4n) is 5.35. The van der Waals surface area contributed by atoms with Gasteiger partial charge in [0.2, 0.25) is 0 Å². The summed E-state index contributed by atoms with van der Waals surface area (Å²) in [5, 5.41) is 5.27. The van der Waals surface area contributed by atoms with E-state index in [1.54, 1.807) is 48.5 Å². The van der Waals surface area contributed by atoms with Crippen LogP contribution in [0.4, 0.5) is 27.2 Å². The Morgan fingerprint density at radius 3 is 1.14 bits per heavy atom. The Balaban J connectivity index is 1.19. The molecule has 0 bridgehead atoms. The summed E-state index contributed by atoms with van der Waals surface area (Å²) >= 11 is 0. The Morgan fingerprint density at radius 2 is 0.863 bits per heavy atom. The van der Waals surface area contributed by atoms with Gasteiger partial charge in [0, 0.05) is 18.5 Å². The molecule has 0 aromatic heterocycles. The van der Waals surface area contributed by atoms with Crippen LogP contribution in [0.3, 0.4) is 0 Å². The first-order valence-corrected chi connectivity index (χ1v) is 16.6. The van der Waals surface area contributed by atoms with Crippen LogP contribution < -0.4 is 10.6 Å². The Morgan fingerprint density at radius 1 is 0.569 bits per heavy atom. The molecule has 8 nitrogen and oxygen atoms in total. The Bertz CT molecular complexity index is 1450. The third-order valence-electron chi connectivity index (χ3n) is 7.96. The normalized spacial score (nSPS) is 11.5. The van der Waals surface area contributed by atoms with Crippen LogP contribution in [0.2, 0.25) is 0 Å². The second-order valence-corrected chi connectivity index (χ2v) is 12.3. The Kier molecular flexibility index (Phi) is 14.8. The first-order chi connectivity index (χ1) is 24.5. The van der Waals surface area contributed by atoms with Gasteiger partial charge in [-0.3, -0.25) is 0 Å². The molecular weight excluding hydrogens is 668 g/mol. The van der Waals surface area contributed by atoms with Crippen LogP contribution in [0.5, 0.6) is 0 Å². The van der Waals surface area contributed by atoms with Crippen molar-refractivity contribution in [1.29, 1.82) is 0 Å². The Labute approximate surface area is 295 Å². The van der Waals surface area contributed by atoms with Gasteiger partial charge in [-0.2, -0.15) is 0 Å². The van der Waals surface area contributed by atoms with E-state index in [2.05, 4.69) is 10.6 Å². The predicted molar refractivity (Wildman–Crippen MR) is 183 cm³/mol. The molecule has 4 aromatic carbocycles. The number of hydrogen-bond acceptors (Lipinski definition) is 6. The van der Waals surface area contributed by atoms with E-state index in [1.165, 1.54) is 48.5 Å². The van der Waals surface area contributed by atoms with Crippen molar-refractivity contribution in [3.05, 3.63) is 143 Å². The lowest BCUT2D eigenvalue weighted by Gasteiger charge is -2.28. The summed E-state index contributed by atoms with van der Waals surface area (Å²) in [6.07, 6.45) is -1.24. The van der Waals surface area contributed by atoms with E-state index in [0.717, 1.165) is 6.42 Å². The second-order valence-electron chi connectivity index (χ2n) is 12.3. The fraction of sp³-hybridized carbons (Fsp3) is 0.333. The van der Waals surface area contributed by atoms with Crippen molar-refractivity contribution < 1.29 is 46.1 Å². The van der Waals surface area contributed by atoms with Crippen LogP contribution in [0.25, 0.3) is 0 Å². The molecule has 272 valence electrons. The number of carbonyl (C=O) groups excluding carboxylic acids is 2. The lowest BCUT2D eigenvalue weighted by Crippen LogP contribution is -2.37. The number of rotatable bonds is 18. The van der Waals surface area contributed by atoms with E-state index in [1.807, 2.05) is 13.8 Å². The number of hydrogen-bond donors (Lipinski definition) is 2. The number of benzene rings is 4. The zero-order chi connectivity index (χ0) is 36.6. The molecule has 0 aliphatic heterocycles. The molecule has 4 rings (SSSR count). The van der Waals surface area contributed by atoms with Gasteiger partial charge in [0.15, 0.2) is 0 Å². The first-order valence-electron chi connectivity index (χ1n) is 16.6. The summed E-state index contributed by atoms with van der Waals surface area (Å²) in [6, 6.07) is 23.1. The predicted octanol–water partition coefficient (Wildman–Crippen LogP) is 8.41. The number of ether oxygens (including phenoxy) is 4. The zero-order valence-corrected chi connectivity index (χ0v) is 28.5. The highest BCUT2D eigenvalue weighted by atomic mass is 19.1. The van der Waals surface area contributed by atoms with E-state index >= 15 is 0 Å². The maximum absolute atomic E-state index is 13.5. The largest absolute Gasteiger partial charge is 0.449 e. The molecular formula is C39H42F4N2O6. The summed E-state index contributed by atoms with van der Waals surface area (Å²) < 4.78 is 76.9. The molecule has 0 aliphatic rings. The van der Waals surface area contributed by atoms with Crippen LogP contribution in [0, 0.1) is 28.7 Å². The standard InChI is InChI=1S/C39H42F4N2O6/c1-3-20-39(2,25-50-37(46)44-21-23-48-35(27-4-12-31(40)13-5-27)28-6-14-32(41)15-7-28)26-51-38(47)45-22-24-49-36(29-8-16-33(42)17-9-29)30-10-18-34(43)19-11-30/h4-19,35-36H,3,20-26H2,1-2H3,(H,44,46)(H,45,47). The van der Waals surface area contributed by atoms with E-state index in [9.17, 15) is 27.2 Å². The fourth-order valence-corrected chi connectivity index (χ4v) is 5.35. The molecule has 0 unspecified atom stereocenters. The SMILES string of the molecule is CCCC(C)(COC(=O)NCCOC(c1ccc(F)cc1)c1ccc(F)cc1)COC(=O)NCCOC(c1ccc(F)cc1)c1ccc(F)cc1. The van der Waals surface area contributed by atoms with Crippen molar-refractivity contribution >= 4 is 12.2 Å². The summed E-state index contributed by atoms with van der Waals surface area (Å²) in [6.45, 7) is 4.15. The number of alkyl carbamates (subject to hydrolysis) is 2. The molecule has 0 atom stereocenters. The number of nitrogens with one attached hydrogen (secondary N) is 2. The smallest absolute Gasteiger partial charge is 0.407 e. The summed E-state index contributed by atoms with van der Waals surface area (Å²) in [7, 11) is 0. The molecule has 0 heterocycles. The molecule has 0 saturated carbocycles. The van der Waals surface area contributed by atoms with Crippen molar-refractivity contribution in [3.8, 4) is 0 Å². The topological polar surface area (TPSA) is 95.1 Å². The van der Waals surface area contributed by atoms with Crippen LogP contribution in [-0.4, -0.2) is 51.7 Å². The molecule has 0 fully saturated rings. The average Bonchev–Trinajstić information content (AvgIpc) is 3.12. The highest BCUT2D eigenvalue weighted by Gasteiger charge is 2.28. The highest BCUT2D eigenvalue weighted by molar-refractivity contribution is 5.67. The van der Waals surface area contributed by atoms with Gasteiger partial charge >= 0.3 is 12.2 Å². The quantitative estimate of drug-likeness (QED) is 0.0796. The third kappa shape index (κ3) is 12.7. The first kappa shape index (κ1) is 38.9. The monoisotopic (exact) mass is 710 g/mol. The summed E-state index contributed by atoms with van der Waals surface area (Å²) in [5.41, 5.74) is 1.99. The number of carbonyl (C=O) groups is 2. The molecule has 0 saturated heterocycles. The van der Waals surface area contributed by atoms with Gasteiger partial charge in [-0.05, 0) is 77.2 Å². The number of amides is 2.